The van der Waals surface area contributed by atoms with Gasteiger partial charge in [0.2, 0.25) is 0 Å². The number of aryl methyl sites for hydroxylation is 1. The second-order valence-electron chi connectivity index (χ2n) is 4.58. The van der Waals surface area contributed by atoms with Crippen LogP contribution in [0.25, 0.3) is 10.6 Å². The van der Waals surface area contributed by atoms with E-state index in [1.165, 1.54) is 0 Å². The van der Waals surface area contributed by atoms with Crippen molar-refractivity contribution in [2.24, 2.45) is 0 Å². The molecular formula is C15H14ClN5S. The maximum Gasteiger partial charge on any atom is 0.134 e. The van der Waals surface area contributed by atoms with Gasteiger partial charge in [-0.2, -0.15) is 0 Å². The number of hydrogen-bond acceptors (Lipinski definition) is 6. The molecule has 0 aliphatic rings. The zero-order chi connectivity index (χ0) is 15.4. The minimum absolute atomic E-state index is 0.449. The lowest BCUT2D eigenvalue weighted by Gasteiger charge is -2.05. The van der Waals surface area contributed by atoms with Gasteiger partial charge >= 0.3 is 0 Å². The maximum atomic E-state index is 5.98. The number of aromatic nitrogens is 4. The first-order valence-electron chi connectivity index (χ1n) is 6.86. The van der Waals surface area contributed by atoms with E-state index in [4.69, 9.17) is 11.6 Å². The van der Waals surface area contributed by atoms with Crippen LogP contribution in [0.5, 0.6) is 0 Å². The van der Waals surface area contributed by atoms with Gasteiger partial charge in [-0.1, -0.05) is 18.5 Å². The molecule has 3 rings (SSSR count). The first-order chi connectivity index (χ1) is 10.7. The van der Waals surface area contributed by atoms with Gasteiger partial charge in [0, 0.05) is 35.8 Å². The predicted octanol–water partition coefficient (Wildman–Crippen LogP) is 3.82. The Hall–Kier alpha value is -2.05. The topological polar surface area (TPSA) is 63.6 Å². The van der Waals surface area contributed by atoms with Crippen molar-refractivity contribution in [1.29, 1.82) is 0 Å². The van der Waals surface area contributed by atoms with E-state index in [2.05, 4.69) is 25.3 Å². The van der Waals surface area contributed by atoms with E-state index in [1.807, 2.05) is 24.4 Å². The van der Waals surface area contributed by atoms with Crippen LogP contribution < -0.4 is 5.32 Å². The van der Waals surface area contributed by atoms with Crippen LogP contribution >= 0.6 is 22.9 Å². The number of halogens is 1. The van der Waals surface area contributed by atoms with E-state index < -0.39 is 0 Å². The van der Waals surface area contributed by atoms with Crippen LogP contribution in [0, 0.1) is 0 Å². The summed E-state index contributed by atoms with van der Waals surface area (Å²) in [7, 11) is 0. The molecular weight excluding hydrogens is 318 g/mol. The van der Waals surface area contributed by atoms with Crippen LogP contribution in [0.1, 0.15) is 18.4 Å². The Labute approximate surface area is 137 Å². The average molecular weight is 332 g/mol. The molecule has 0 aliphatic heterocycles. The minimum Gasteiger partial charge on any atom is -0.364 e. The highest BCUT2D eigenvalue weighted by Crippen LogP contribution is 2.23. The highest BCUT2D eigenvalue weighted by Gasteiger charge is 2.06. The monoisotopic (exact) mass is 331 g/mol. The van der Waals surface area contributed by atoms with Gasteiger partial charge in [0.25, 0.3) is 0 Å². The fourth-order valence-corrected chi connectivity index (χ4v) is 2.94. The van der Waals surface area contributed by atoms with Gasteiger partial charge in [0.1, 0.15) is 21.8 Å². The minimum atomic E-state index is 0.449. The smallest absolute Gasteiger partial charge is 0.134 e. The summed E-state index contributed by atoms with van der Waals surface area (Å²) in [6.45, 7) is 2.59. The summed E-state index contributed by atoms with van der Waals surface area (Å²) < 4.78 is 0. The van der Waals surface area contributed by atoms with Crippen molar-refractivity contribution in [2.45, 2.75) is 19.9 Å². The molecule has 0 saturated heterocycles. The molecule has 3 aromatic rings. The van der Waals surface area contributed by atoms with E-state index in [0.717, 1.165) is 34.3 Å². The van der Waals surface area contributed by atoms with Crippen molar-refractivity contribution in [2.75, 3.05) is 5.32 Å². The molecule has 0 aliphatic carbocycles. The number of hydrogen-bond donors (Lipinski definition) is 1. The number of thiazole rings is 1. The second-order valence-corrected chi connectivity index (χ2v) is 5.82. The first-order valence-corrected chi connectivity index (χ1v) is 8.12. The normalized spacial score (nSPS) is 10.6. The molecule has 0 radical (unpaired) electrons. The summed E-state index contributed by atoms with van der Waals surface area (Å²) in [5.74, 6) is 1.45. The van der Waals surface area contributed by atoms with Gasteiger partial charge < -0.3 is 5.32 Å². The average Bonchev–Trinajstić information content (AvgIpc) is 3.02. The molecule has 0 aromatic carbocycles. The zero-order valence-electron chi connectivity index (χ0n) is 12.0. The van der Waals surface area contributed by atoms with Gasteiger partial charge in [-0.05, 0) is 12.1 Å². The molecule has 0 amide bonds. The van der Waals surface area contributed by atoms with Crippen LogP contribution in [0.4, 0.5) is 5.82 Å². The summed E-state index contributed by atoms with van der Waals surface area (Å²) in [5.41, 5.74) is 2.04. The highest BCUT2D eigenvalue weighted by molar-refractivity contribution is 7.13. The van der Waals surface area contributed by atoms with Crippen molar-refractivity contribution in [3.63, 3.8) is 0 Å². The Morgan fingerprint density at radius 1 is 1.18 bits per heavy atom. The molecule has 0 atom stereocenters. The summed E-state index contributed by atoms with van der Waals surface area (Å²) >= 11 is 7.59. The number of rotatable bonds is 5. The Morgan fingerprint density at radius 2 is 2.00 bits per heavy atom. The van der Waals surface area contributed by atoms with Gasteiger partial charge in [-0.25, -0.2) is 15.0 Å². The van der Waals surface area contributed by atoms with E-state index in [9.17, 15) is 0 Å². The fraction of sp³-hybridized carbons (Fsp3) is 0.200. The third-order valence-corrected chi connectivity index (χ3v) is 4.12. The van der Waals surface area contributed by atoms with Crippen molar-refractivity contribution in [3.05, 3.63) is 52.6 Å². The lowest BCUT2D eigenvalue weighted by molar-refractivity contribution is 0.929. The molecule has 0 bridgehead atoms. The molecule has 5 nitrogen and oxygen atoms in total. The van der Waals surface area contributed by atoms with Crippen molar-refractivity contribution >= 4 is 28.8 Å². The quantitative estimate of drug-likeness (QED) is 0.720. The fourth-order valence-electron chi connectivity index (χ4n) is 1.91. The van der Waals surface area contributed by atoms with E-state index in [1.54, 1.807) is 29.8 Å². The molecule has 0 unspecified atom stereocenters. The summed E-state index contributed by atoms with van der Waals surface area (Å²) in [6, 6.07) is 5.62. The number of pyridine rings is 1. The number of nitrogens with zero attached hydrogens (tertiary/aromatic N) is 4. The third kappa shape index (κ3) is 3.58. The molecule has 1 N–H and O–H groups in total. The van der Waals surface area contributed by atoms with Crippen molar-refractivity contribution in [3.8, 4) is 10.6 Å². The summed E-state index contributed by atoms with van der Waals surface area (Å²) in [4.78, 5) is 17.2. The number of anilines is 1. The van der Waals surface area contributed by atoms with Gasteiger partial charge in [-0.15, -0.1) is 11.3 Å². The highest BCUT2D eigenvalue weighted by atomic mass is 35.5. The molecule has 112 valence electrons. The van der Waals surface area contributed by atoms with E-state index >= 15 is 0 Å². The van der Waals surface area contributed by atoms with Crippen LogP contribution in [0.15, 0.2) is 36.0 Å². The molecule has 0 fully saturated rings. The molecule has 3 heterocycles. The molecule has 0 spiro atoms. The molecule has 22 heavy (non-hydrogen) atoms. The van der Waals surface area contributed by atoms with E-state index in [0.29, 0.717) is 11.7 Å². The Kier molecular flexibility index (Phi) is 4.60. The van der Waals surface area contributed by atoms with Gasteiger partial charge in [-0.3, -0.25) is 4.98 Å². The summed E-state index contributed by atoms with van der Waals surface area (Å²) in [5, 5.41) is 6.70. The maximum absolute atomic E-state index is 5.98. The number of nitrogens with one attached hydrogen (secondary N) is 1. The predicted molar refractivity (Wildman–Crippen MR) is 89.1 cm³/mol. The summed E-state index contributed by atoms with van der Waals surface area (Å²) in [6.07, 6.45) is 4.28. The van der Waals surface area contributed by atoms with Gasteiger partial charge in [0.05, 0.1) is 12.2 Å². The third-order valence-electron chi connectivity index (χ3n) is 2.99. The van der Waals surface area contributed by atoms with Gasteiger partial charge in [0.15, 0.2) is 0 Å². The van der Waals surface area contributed by atoms with Crippen LogP contribution in [0.2, 0.25) is 5.15 Å². The van der Waals surface area contributed by atoms with Crippen LogP contribution in [0.3, 0.4) is 0 Å². The molecule has 3 aromatic heterocycles. The largest absolute Gasteiger partial charge is 0.364 e. The molecule has 0 saturated carbocycles. The second kappa shape index (κ2) is 6.81. The van der Waals surface area contributed by atoms with Crippen LogP contribution in [-0.4, -0.2) is 19.9 Å². The Morgan fingerprint density at radius 3 is 2.77 bits per heavy atom. The van der Waals surface area contributed by atoms with Crippen molar-refractivity contribution < 1.29 is 0 Å². The first kappa shape index (κ1) is 14.9. The van der Waals surface area contributed by atoms with Crippen molar-refractivity contribution in [1.82, 2.24) is 19.9 Å². The lowest BCUT2D eigenvalue weighted by atomic mass is 10.3. The zero-order valence-corrected chi connectivity index (χ0v) is 13.5. The van der Waals surface area contributed by atoms with E-state index in [-0.39, 0.29) is 0 Å². The van der Waals surface area contributed by atoms with Crippen LogP contribution in [-0.2, 0) is 13.0 Å². The Bertz CT molecular complexity index is 760. The molecule has 7 heteroatoms. The SMILES string of the molecule is CCc1nc(Cl)cc(NCc2csc(-c3ccncc3)n2)n1. The lowest BCUT2D eigenvalue weighted by Crippen LogP contribution is -2.04. The Balaban J connectivity index is 1.70. The standard InChI is InChI=1S/C15H14ClN5S/c1-2-13-20-12(16)7-14(21-13)18-8-11-9-22-15(19-11)10-3-5-17-6-4-10/h3-7,9H,2,8H2,1H3,(H,18,20,21).